The molecule has 0 saturated carbocycles. The molecule has 0 saturated heterocycles. The topological polar surface area (TPSA) is 37.8 Å². The van der Waals surface area contributed by atoms with Crippen molar-refractivity contribution in [2.24, 2.45) is 0 Å². The second-order valence-electron chi connectivity index (χ2n) is 4.59. The maximum atomic E-state index is 14.5. The third kappa shape index (κ3) is 3.62. The summed E-state index contributed by atoms with van der Waals surface area (Å²) in [7, 11) is 0. The maximum absolute atomic E-state index is 14.5. The standard InChI is InChI=1S/C14H16BrClFN3S/c1-3-7-18-13(14-10(4-2)19-20-21-14)8-5-6-9(15)11(16)12(8)17/h5-6,13,18H,3-4,7H2,1-2H3. The number of aromatic nitrogens is 2. The zero-order valence-corrected chi connectivity index (χ0v) is 14.9. The Bertz CT molecular complexity index is 620. The van der Waals surface area contributed by atoms with Gasteiger partial charge in [-0.1, -0.05) is 36.0 Å². The van der Waals surface area contributed by atoms with Crippen molar-refractivity contribution in [1.29, 1.82) is 0 Å². The summed E-state index contributed by atoms with van der Waals surface area (Å²) in [5.74, 6) is -0.407. The normalized spacial score (nSPS) is 12.6. The Hall–Kier alpha value is -0.560. The summed E-state index contributed by atoms with van der Waals surface area (Å²) in [6.07, 6.45) is 1.72. The van der Waals surface area contributed by atoms with Crippen molar-refractivity contribution < 1.29 is 4.39 Å². The van der Waals surface area contributed by atoms with Crippen molar-refractivity contribution in [3.63, 3.8) is 0 Å². The van der Waals surface area contributed by atoms with E-state index >= 15 is 0 Å². The zero-order valence-electron chi connectivity index (χ0n) is 11.8. The summed E-state index contributed by atoms with van der Waals surface area (Å²) >= 11 is 10.6. The van der Waals surface area contributed by atoms with Crippen molar-refractivity contribution >= 4 is 39.1 Å². The van der Waals surface area contributed by atoms with Crippen LogP contribution in [0.4, 0.5) is 4.39 Å². The number of benzene rings is 1. The molecule has 0 aliphatic rings. The zero-order chi connectivity index (χ0) is 15.4. The molecule has 0 spiro atoms. The van der Waals surface area contributed by atoms with Crippen LogP contribution in [0.2, 0.25) is 5.02 Å². The van der Waals surface area contributed by atoms with E-state index in [1.165, 1.54) is 11.5 Å². The molecule has 1 aromatic heterocycles. The predicted molar refractivity (Wildman–Crippen MR) is 88.5 cm³/mol. The number of halogens is 3. The molecule has 1 aromatic carbocycles. The van der Waals surface area contributed by atoms with E-state index in [0.717, 1.165) is 30.0 Å². The lowest BCUT2D eigenvalue weighted by atomic mass is 10.0. The number of nitrogens with one attached hydrogen (secondary N) is 1. The number of rotatable bonds is 6. The molecule has 0 aliphatic heterocycles. The van der Waals surface area contributed by atoms with E-state index in [9.17, 15) is 4.39 Å². The van der Waals surface area contributed by atoms with E-state index in [4.69, 9.17) is 11.6 Å². The van der Waals surface area contributed by atoms with Crippen LogP contribution in [-0.2, 0) is 6.42 Å². The van der Waals surface area contributed by atoms with Gasteiger partial charge in [-0.05, 0) is 52.9 Å². The highest BCUT2D eigenvalue weighted by molar-refractivity contribution is 9.10. The number of hydrogen-bond donors (Lipinski definition) is 1. The molecular weight excluding hydrogens is 377 g/mol. The Kier molecular flexibility index (Phi) is 6.10. The average molecular weight is 393 g/mol. The van der Waals surface area contributed by atoms with Crippen LogP contribution in [0.15, 0.2) is 16.6 Å². The molecule has 1 atom stereocenters. The molecule has 3 nitrogen and oxygen atoms in total. The molecule has 0 radical (unpaired) electrons. The summed E-state index contributed by atoms with van der Waals surface area (Å²) in [5, 5.41) is 7.59. The van der Waals surface area contributed by atoms with Gasteiger partial charge in [0, 0.05) is 10.0 Å². The molecule has 0 bridgehead atoms. The van der Waals surface area contributed by atoms with Crippen LogP contribution >= 0.6 is 39.1 Å². The first-order chi connectivity index (χ1) is 10.1. The van der Waals surface area contributed by atoms with Crippen LogP contribution in [0.1, 0.15) is 42.4 Å². The Morgan fingerprint density at radius 1 is 1.43 bits per heavy atom. The largest absolute Gasteiger partial charge is 0.305 e. The minimum absolute atomic E-state index is 0.103. The molecule has 0 amide bonds. The first-order valence-corrected chi connectivity index (χ1v) is 8.72. The van der Waals surface area contributed by atoms with Gasteiger partial charge in [0.15, 0.2) is 0 Å². The van der Waals surface area contributed by atoms with Crippen LogP contribution in [0, 0.1) is 5.82 Å². The van der Waals surface area contributed by atoms with Crippen molar-refractivity contribution in [2.45, 2.75) is 32.7 Å². The SMILES string of the molecule is CCCNC(c1ccc(Br)c(Cl)c1F)c1snnc1CC. The van der Waals surface area contributed by atoms with E-state index in [-0.39, 0.29) is 11.1 Å². The van der Waals surface area contributed by atoms with Crippen LogP contribution in [-0.4, -0.2) is 16.1 Å². The summed E-state index contributed by atoms with van der Waals surface area (Å²) < 4.78 is 19.1. The highest BCUT2D eigenvalue weighted by Crippen LogP contribution is 2.34. The Labute approximate surface area is 141 Å². The summed E-state index contributed by atoms with van der Waals surface area (Å²) in [4.78, 5) is 0.947. The quantitative estimate of drug-likeness (QED) is 0.721. The van der Waals surface area contributed by atoms with Gasteiger partial charge in [-0.3, -0.25) is 0 Å². The molecule has 0 aliphatic carbocycles. The van der Waals surface area contributed by atoms with Gasteiger partial charge >= 0.3 is 0 Å². The third-order valence-electron chi connectivity index (χ3n) is 3.16. The Balaban J connectivity index is 2.48. The van der Waals surface area contributed by atoms with Gasteiger partial charge in [-0.15, -0.1) is 5.10 Å². The summed E-state index contributed by atoms with van der Waals surface area (Å²) in [6, 6.07) is 3.24. The van der Waals surface area contributed by atoms with Crippen LogP contribution in [0.5, 0.6) is 0 Å². The van der Waals surface area contributed by atoms with Gasteiger partial charge in [0.1, 0.15) is 5.82 Å². The predicted octanol–water partition coefficient (Wildman–Crippen LogP) is 4.74. The van der Waals surface area contributed by atoms with Crippen molar-refractivity contribution in [3.8, 4) is 0 Å². The van der Waals surface area contributed by atoms with Crippen molar-refractivity contribution in [1.82, 2.24) is 14.9 Å². The lowest BCUT2D eigenvalue weighted by molar-refractivity contribution is 0.548. The Morgan fingerprint density at radius 2 is 2.19 bits per heavy atom. The second kappa shape index (κ2) is 7.63. The fraction of sp³-hybridized carbons (Fsp3) is 0.429. The molecule has 2 rings (SSSR count). The fourth-order valence-electron chi connectivity index (χ4n) is 2.08. The number of hydrogen-bond acceptors (Lipinski definition) is 4. The van der Waals surface area contributed by atoms with Gasteiger partial charge in [0.25, 0.3) is 0 Å². The van der Waals surface area contributed by atoms with Gasteiger partial charge in [0.05, 0.1) is 21.6 Å². The molecule has 0 fully saturated rings. The summed E-state index contributed by atoms with van der Waals surface area (Å²) in [6.45, 7) is 4.86. The van der Waals surface area contributed by atoms with Gasteiger partial charge < -0.3 is 5.32 Å². The lowest BCUT2D eigenvalue weighted by Crippen LogP contribution is -2.24. The second-order valence-corrected chi connectivity index (χ2v) is 6.61. The minimum atomic E-state index is -0.407. The minimum Gasteiger partial charge on any atom is -0.305 e. The summed E-state index contributed by atoms with van der Waals surface area (Å²) in [5.41, 5.74) is 1.42. The third-order valence-corrected chi connectivity index (χ3v) is 5.25. The van der Waals surface area contributed by atoms with E-state index in [1.807, 2.05) is 6.92 Å². The fourth-order valence-corrected chi connectivity index (χ4v) is 3.39. The molecule has 1 N–H and O–H groups in total. The van der Waals surface area contributed by atoms with Gasteiger partial charge in [0.2, 0.25) is 0 Å². The first kappa shape index (κ1) is 16.8. The van der Waals surface area contributed by atoms with E-state index < -0.39 is 5.82 Å². The first-order valence-electron chi connectivity index (χ1n) is 6.78. The van der Waals surface area contributed by atoms with Crippen molar-refractivity contribution in [3.05, 3.63) is 43.6 Å². The molecule has 1 unspecified atom stereocenters. The maximum Gasteiger partial charge on any atom is 0.148 e. The molecule has 1 heterocycles. The highest BCUT2D eigenvalue weighted by atomic mass is 79.9. The Morgan fingerprint density at radius 3 is 2.86 bits per heavy atom. The van der Waals surface area contributed by atoms with E-state index in [0.29, 0.717) is 10.0 Å². The number of aryl methyl sites for hydroxylation is 1. The van der Waals surface area contributed by atoms with Crippen LogP contribution in [0.3, 0.4) is 0 Å². The van der Waals surface area contributed by atoms with Crippen LogP contribution in [0.25, 0.3) is 0 Å². The molecule has 114 valence electrons. The smallest absolute Gasteiger partial charge is 0.148 e. The lowest BCUT2D eigenvalue weighted by Gasteiger charge is -2.19. The van der Waals surface area contributed by atoms with Crippen LogP contribution < -0.4 is 5.32 Å². The van der Waals surface area contributed by atoms with Gasteiger partial charge in [-0.2, -0.15) is 0 Å². The highest BCUT2D eigenvalue weighted by Gasteiger charge is 2.24. The van der Waals surface area contributed by atoms with E-state index in [2.05, 4.69) is 37.8 Å². The monoisotopic (exact) mass is 391 g/mol. The van der Waals surface area contributed by atoms with E-state index in [1.54, 1.807) is 12.1 Å². The number of nitrogens with zero attached hydrogens (tertiary/aromatic N) is 2. The van der Waals surface area contributed by atoms with Gasteiger partial charge in [-0.25, -0.2) is 4.39 Å². The molecule has 21 heavy (non-hydrogen) atoms. The van der Waals surface area contributed by atoms with Crippen molar-refractivity contribution in [2.75, 3.05) is 6.54 Å². The molecule has 7 heteroatoms. The molecular formula is C14H16BrClFN3S. The average Bonchev–Trinajstić information content (AvgIpc) is 2.95. The molecule has 2 aromatic rings.